The number of aromatic nitrogens is 1. The third kappa shape index (κ3) is 4.78. The van der Waals surface area contributed by atoms with Gasteiger partial charge < -0.3 is 14.8 Å². The van der Waals surface area contributed by atoms with Gasteiger partial charge in [-0.15, -0.1) is 0 Å². The molecular weight excluding hydrogens is 415 g/mol. The van der Waals surface area contributed by atoms with E-state index >= 15 is 0 Å². The number of anilines is 1. The highest BCUT2D eigenvalue weighted by molar-refractivity contribution is 6.36. The van der Waals surface area contributed by atoms with Gasteiger partial charge in [0.15, 0.2) is 6.10 Å². The van der Waals surface area contributed by atoms with E-state index in [1.165, 1.54) is 13.0 Å². The van der Waals surface area contributed by atoms with Gasteiger partial charge in [0.05, 0.1) is 34.6 Å². The molecule has 2 aromatic carbocycles. The second kappa shape index (κ2) is 8.68. The van der Waals surface area contributed by atoms with Crippen LogP contribution < -0.4 is 10.1 Å². The van der Waals surface area contributed by atoms with Crippen LogP contribution in [0.15, 0.2) is 42.5 Å². The van der Waals surface area contributed by atoms with Crippen molar-refractivity contribution in [3.05, 3.63) is 63.8 Å². The minimum atomic E-state index is -1.04. The highest BCUT2D eigenvalue weighted by Gasteiger charge is 2.22. The van der Waals surface area contributed by atoms with E-state index in [1.807, 2.05) is 0 Å². The number of carbonyl (C=O) groups is 2. The molecule has 3 aromatic rings. The fourth-order valence-corrected chi connectivity index (χ4v) is 3.14. The highest BCUT2D eigenvalue weighted by atomic mass is 35.5. The maximum absolute atomic E-state index is 12.6. The van der Waals surface area contributed by atoms with Gasteiger partial charge in [-0.25, -0.2) is 4.79 Å². The van der Waals surface area contributed by atoms with E-state index in [-0.39, 0.29) is 10.6 Å². The number of hydrogen-bond donors (Lipinski definition) is 1. The molecule has 6 nitrogen and oxygen atoms in total. The summed E-state index contributed by atoms with van der Waals surface area (Å²) in [5.74, 6) is -0.484. The lowest BCUT2D eigenvalue weighted by molar-refractivity contribution is -0.123. The molecule has 1 aromatic heterocycles. The number of benzene rings is 2. The highest BCUT2D eigenvalue weighted by Crippen LogP contribution is 2.26. The molecular formula is C21H18Cl2N2O4. The number of aryl methyl sites for hydroxylation is 1. The van der Waals surface area contributed by atoms with Crippen molar-refractivity contribution in [1.82, 2.24) is 4.98 Å². The number of nitrogens with zero attached hydrogens (tertiary/aromatic N) is 1. The van der Waals surface area contributed by atoms with E-state index < -0.39 is 18.0 Å². The lowest BCUT2D eigenvalue weighted by Gasteiger charge is -2.15. The predicted molar refractivity (Wildman–Crippen MR) is 113 cm³/mol. The van der Waals surface area contributed by atoms with Gasteiger partial charge in [-0.1, -0.05) is 23.2 Å². The maximum atomic E-state index is 12.6. The molecule has 0 fully saturated rings. The molecule has 0 saturated heterocycles. The van der Waals surface area contributed by atoms with Crippen molar-refractivity contribution in [2.24, 2.45) is 0 Å². The summed E-state index contributed by atoms with van der Waals surface area (Å²) in [5, 5.41) is 4.11. The molecule has 0 saturated carbocycles. The number of ether oxygens (including phenoxy) is 2. The van der Waals surface area contributed by atoms with Gasteiger partial charge in [0, 0.05) is 16.5 Å². The quantitative estimate of drug-likeness (QED) is 0.571. The summed E-state index contributed by atoms with van der Waals surface area (Å²) < 4.78 is 10.5. The molecule has 0 aliphatic heterocycles. The number of rotatable bonds is 5. The van der Waals surface area contributed by atoms with E-state index in [2.05, 4.69) is 10.3 Å². The fourth-order valence-electron chi connectivity index (χ4n) is 2.68. The van der Waals surface area contributed by atoms with Crippen molar-refractivity contribution >= 4 is 51.7 Å². The van der Waals surface area contributed by atoms with Crippen LogP contribution in [0.25, 0.3) is 10.9 Å². The molecule has 1 amide bonds. The Kier molecular flexibility index (Phi) is 6.25. The van der Waals surface area contributed by atoms with Gasteiger partial charge >= 0.3 is 5.97 Å². The zero-order valence-corrected chi connectivity index (χ0v) is 17.5. The smallest absolute Gasteiger partial charge is 0.340 e. The topological polar surface area (TPSA) is 77.5 Å². The average molecular weight is 433 g/mol. The van der Waals surface area contributed by atoms with Crippen LogP contribution in [0.5, 0.6) is 5.75 Å². The predicted octanol–water partition coefficient (Wildman–Crippen LogP) is 5.04. The Labute approximate surface area is 177 Å². The summed E-state index contributed by atoms with van der Waals surface area (Å²) in [4.78, 5) is 29.4. The number of pyridine rings is 1. The lowest BCUT2D eigenvalue weighted by Crippen LogP contribution is -2.30. The Bertz CT molecular complexity index is 1100. The first-order chi connectivity index (χ1) is 13.8. The first-order valence-corrected chi connectivity index (χ1v) is 9.46. The normalized spacial score (nSPS) is 11.8. The van der Waals surface area contributed by atoms with Gasteiger partial charge in [0.1, 0.15) is 5.75 Å². The molecule has 150 valence electrons. The Morgan fingerprint density at radius 2 is 1.86 bits per heavy atom. The molecule has 3 rings (SSSR count). The number of nitrogens with one attached hydrogen (secondary N) is 1. The van der Waals surface area contributed by atoms with Crippen molar-refractivity contribution in [3.63, 3.8) is 0 Å². The third-order valence-electron chi connectivity index (χ3n) is 4.28. The first-order valence-electron chi connectivity index (χ1n) is 8.71. The fraction of sp³-hybridized carbons (Fsp3) is 0.190. The van der Waals surface area contributed by atoms with Crippen LogP contribution >= 0.6 is 23.2 Å². The van der Waals surface area contributed by atoms with E-state index in [4.69, 9.17) is 32.7 Å². The molecule has 0 bridgehead atoms. The Morgan fingerprint density at radius 3 is 2.55 bits per heavy atom. The zero-order chi connectivity index (χ0) is 21.1. The Morgan fingerprint density at radius 1 is 1.10 bits per heavy atom. The van der Waals surface area contributed by atoms with Crippen LogP contribution in [0.4, 0.5) is 5.69 Å². The van der Waals surface area contributed by atoms with Gasteiger partial charge in [-0.2, -0.15) is 0 Å². The molecule has 1 atom stereocenters. The monoisotopic (exact) mass is 432 g/mol. The number of methoxy groups -OCH3 is 1. The number of esters is 1. The number of halogens is 2. The molecule has 1 heterocycles. The second-order valence-electron chi connectivity index (χ2n) is 6.34. The average Bonchev–Trinajstić information content (AvgIpc) is 2.68. The molecule has 8 heteroatoms. The minimum Gasteiger partial charge on any atom is -0.497 e. The van der Waals surface area contributed by atoms with Crippen LogP contribution in [0.3, 0.4) is 0 Å². The third-order valence-corrected chi connectivity index (χ3v) is 4.83. The number of carbonyl (C=O) groups excluding carboxylic acids is 2. The summed E-state index contributed by atoms with van der Waals surface area (Å²) in [6.07, 6.45) is -1.04. The number of amides is 1. The number of hydrogen-bond acceptors (Lipinski definition) is 5. The van der Waals surface area contributed by atoms with E-state index in [0.717, 1.165) is 5.39 Å². The molecule has 29 heavy (non-hydrogen) atoms. The summed E-state index contributed by atoms with van der Waals surface area (Å²) in [7, 11) is 1.57. The molecule has 0 aliphatic carbocycles. The summed E-state index contributed by atoms with van der Waals surface area (Å²) in [6, 6.07) is 11.7. The molecule has 1 N–H and O–H groups in total. The Hall–Kier alpha value is -2.83. The summed E-state index contributed by atoms with van der Waals surface area (Å²) in [5.41, 5.74) is 1.85. The van der Waals surface area contributed by atoms with E-state index in [0.29, 0.717) is 27.7 Å². The van der Waals surface area contributed by atoms with Gasteiger partial charge in [-0.05, 0) is 50.2 Å². The Balaban J connectivity index is 1.74. The van der Waals surface area contributed by atoms with Crippen molar-refractivity contribution in [3.8, 4) is 5.75 Å². The summed E-state index contributed by atoms with van der Waals surface area (Å²) >= 11 is 11.9. The van der Waals surface area contributed by atoms with Crippen molar-refractivity contribution < 1.29 is 19.1 Å². The van der Waals surface area contributed by atoms with Crippen molar-refractivity contribution in [2.75, 3.05) is 12.4 Å². The molecule has 1 unspecified atom stereocenters. The van der Waals surface area contributed by atoms with E-state index in [1.54, 1.807) is 50.4 Å². The zero-order valence-electron chi connectivity index (χ0n) is 16.0. The molecule has 0 radical (unpaired) electrons. The first kappa shape index (κ1) is 20.9. The van der Waals surface area contributed by atoms with Crippen LogP contribution in [0, 0.1) is 6.92 Å². The standard InChI is InChI=1S/C21H18Cl2N2O4/c1-11-16(8-13-4-6-15(28-3)10-19(13)24-11)21(27)29-12(2)20(26)25-18-7-5-14(22)9-17(18)23/h4-10,12H,1-3H3,(H,25,26). The van der Waals surface area contributed by atoms with E-state index in [9.17, 15) is 9.59 Å². The minimum absolute atomic E-state index is 0.284. The van der Waals surface area contributed by atoms with Crippen LogP contribution in [0.1, 0.15) is 23.0 Å². The lowest BCUT2D eigenvalue weighted by atomic mass is 10.1. The van der Waals surface area contributed by atoms with Crippen LogP contribution in [-0.2, 0) is 9.53 Å². The summed E-state index contributed by atoms with van der Waals surface area (Å²) in [6.45, 7) is 3.18. The molecule has 0 spiro atoms. The number of fused-ring (bicyclic) bond motifs is 1. The largest absolute Gasteiger partial charge is 0.497 e. The van der Waals surface area contributed by atoms with Crippen LogP contribution in [-0.4, -0.2) is 30.1 Å². The van der Waals surface area contributed by atoms with Crippen LogP contribution in [0.2, 0.25) is 10.0 Å². The molecule has 0 aliphatic rings. The van der Waals surface area contributed by atoms with Gasteiger partial charge in [0.2, 0.25) is 0 Å². The van der Waals surface area contributed by atoms with Gasteiger partial charge in [-0.3, -0.25) is 9.78 Å². The van der Waals surface area contributed by atoms with Crippen molar-refractivity contribution in [2.45, 2.75) is 20.0 Å². The van der Waals surface area contributed by atoms with Crippen molar-refractivity contribution in [1.29, 1.82) is 0 Å². The SMILES string of the molecule is COc1ccc2cc(C(=O)OC(C)C(=O)Nc3ccc(Cl)cc3Cl)c(C)nc2c1. The van der Waals surface area contributed by atoms with Gasteiger partial charge in [0.25, 0.3) is 5.91 Å². The second-order valence-corrected chi connectivity index (χ2v) is 7.18. The maximum Gasteiger partial charge on any atom is 0.340 e.